The lowest BCUT2D eigenvalue weighted by Crippen LogP contribution is -1.85. The van der Waals surface area contributed by atoms with Gasteiger partial charge in [-0.25, -0.2) is 4.98 Å². The average molecular weight is 298 g/mol. The fourth-order valence-electron chi connectivity index (χ4n) is 2.85. The van der Waals surface area contributed by atoms with Crippen LogP contribution in [0.5, 0.6) is 0 Å². The fourth-order valence-corrected chi connectivity index (χ4v) is 2.85. The summed E-state index contributed by atoms with van der Waals surface area (Å²) in [4.78, 5) is 4.76. The van der Waals surface area contributed by atoms with Gasteiger partial charge in [-0.1, -0.05) is 61.5 Å². The van der Waals surface area contributed by atoms with E-state index in [0.717, 1.165) is 23.3 Å². The van der Waals surface area contributed by atoms with E-state index in [2.05, 4.69) is 84.4 Å². The van der Waals surface area contributed by atoms with Gasteiger partial charge in [0.25, 0.3) is 0 Å². The average Bonchev–Trinajstić information content (AvgIpc) is 3.05. The van der Waals surface area contributed by atoms with Crippen molar-refractivity contribution in [3.05, 3.63) is 84.7 Å². The van der Waals surface area contributed by atoms with Gasteiger partial charge in [-0.2, -0.15) is 0 Å². The van der Waals surface area contributed by atoms with Crippen molar-refractivity contribution in [2.24, 2.45) is 0 Å². The summed E-state index contributed by atoms with van der Waals surface area (Å²) in [5.41, 5.74) is 6.94. The third-order valence-electron chi connectivity index (χ3n) is 4.22. The third-order valence-corrected chi connectivity index (χ3v) is 4.22. The molecule has 4 aromatic rings. The van der Waals surface area contributed by atoms with E-state index in [9.17, 15) is 0 Å². The molecule has 0 atom stereocenters. The van der Waals surface area contributed by atoms with Crippen molar-refractivity contribution in [2.75, 3.05) is 0 Å². The van der Waals surface area contributed by atoms with E-state index in [4.69, 9.17) is 4.98 Å². The number of imidazole rings is 1. The Morgan fingerprint density at radius 3 is 2.26 bits per heavy atom. The highest BCUT2D eigenvalue weighted by Gasteiger charge is 2.05. The van der Waals surface area contributed by atoms with Crippen molar-refractivity contribution in [1.82, 2.24) is 9.38 Å². The summed E-state index contributed by atoms with van der Waals surface area (Å²) in [6.45, 7) is 2.16. The molecule has 0 saturated carbocycles. The lowest BCUT2D eigenvalue weighted by atomic mass is 10.0. The van der Waals surface area contributed by atoms with Crippen LogP contribution >= 0.6 is 0 Å². The summed E-state index contributed by atoms with van der Waals surface area (Å²) in [6.07, 6.45) is 5.21. The number of hydrogen-bond donors (Lipinski definition) is 0. The molecule has 2 aromatic heterocycles. The molecule has 0 aliphatic rings. The van der Waals surface area contributed by atoms with E-state index in [0.29, 0.717) is 0 Å². The summed E-state index contributed by atoms with van der Waals surface area (Å²) in [7, 11) is 0. The van der Waals surface area contributed by atoms with Gasteiger partial charge in [-0.3, -0.25) is 0 Å². The maximum absolute atomic E-state index is 4.76. The molecule has 0 bridgehead atoms. The Morgan fingerprint density at radius 1 is 0.826 bits per heavy atom. The van der Waals surface area contributed by atoms with E-state index in [1.807, 2.05) is 6.07 Å². The summed E-state index contributed by atoms with van der Waals surface area (Å²) in [5, 5.41) is 0. The van der Waals surface area contributed by atoms with Crippen LogP contribution in [-0.4, -0.2) is 9.38 Å². The first-order valence-corrected chi connectivity index (χ1v) is 7.97. The zero-order valence-electron chi connectivity index (χ0n) is 13.1. The Morgan fingerprint density at radius 2 is 1.52 bits per heavy atom. The van der Waals surface area contributed by atoms with E-state index in [-0.39, 0.29) is 0 Å². The predicted molar refractivity (Wildman–Crippen MR) is 95.4 cm³/mol. The normalized spacial score (nSPS) is 11.0. The van der Waals surface area contributed by atoms with Gasteiger partial charge in [0.05, 0.1) is 5.69 Å². The van der Waals surface area contributed by atoms with Crippen LogP contribution in [0.2, 0.25) is 0 Å². The van der Waals surface area contributed by atoms with Gasteiger partial charge in [-0.05, 0) is 35.2 Å². The van der Waals surface area contributed by atoms with Gasteiger partial charge >= 0.3 is 0 Å². The number of nitrogens with zero attached hydrogens (tertiary/aromatic N) is 2. The van der Waals surface area contributed by atoms with Gasteiger partial charge in [-0.15, -0.1) is 0 Å². The van der Waals surface area contributed by atoms with Crippen molar-refractivity contribution >= 4 is 5.65 Å². The molecular weight excluding hydrogens is 280 g/mol. The molecule has 0 N–H and O–H groups in total. The zero-order chi connectivity index (χ0) is 15.6. The first kappa shape index (κ1) is 13.8. The standard InChI is InChI=1S/C21H18N2/c1-2-16-12-13-23-15-20(22-21(23)14-16)19-10-8-18(9-11-19)17-6-4-3-5-7-17/h3-15H,2H2,1H3. The lowest BCUT2D eigenvalue weighted by Gasteiger charge is -2.02. The molecule has 2 nitrogen and oxygen atoms in total. The highest BCUT2D eigenvalue weighted by molar-refractivity contribution is 5.69. The molecule has 23 heavy (non-hydrogen) atoms. The van der Waals surface area contributed by atoms with Crippen LogP contribution in [0.25, 0.3) is 28.0 Å². The van der Waals surface area contributed by atoms with Crippen LogP contribution in [0.1, 0.15) is 12.5 Å². The lowest BCUT2D eigenvalue weighted by molar-refractivity contribution is 1.10. The van der Waals surface area contributed by atoms with Gasteiger partial charge in [0.15, 0.2) is 0 Å². The number of hydrogen-bond acceptors (Lipinski definition) is 1. The van der Waals surface area contributed by atoms with Crippen LogP contribution < -0.4 is 0 Å². The van der Waals surface area contributed by atoms with E-state index in [1.54, 1.807) is 0 Å². The molecule has 0 saturated heterocycles. The fraction of sp³-hybridized carbons (Fsp3) is 0.0952. The van der Waals surface area contributed by atoms with Gasteiger partial charge in [0.2, 0.25) is 0 Å². The highest BCUT2D eigenvalue weighted by atomic mass is 15.0. The molecule has 2 heteroatoms. The molecule has 2 aromatic carbocycles. The first-order chi connectivity index (χ1) is 11.3. The largest absolute Gasteiger partial charge is 0.306 e. The van der Waals surface area contributed by atoms with Crippen LogP contribution in [0, 0.1) is 0 Å². The van der Waals surface area contributed by atoms with Gasteiger partial charge in [0.1, 0.15) is 5.65 Å². The second-order valence-corrected chi connectivity index (χ2v) is 5.72. The van der Waals surface area contributed by atoms with E-state index >= 15 is 0 Å². The molecule has 0 amide bonds. The third kappa shape index (κ3) is 2.64. The number of aromatic nitrogens is 2. The summed E-state index contributed by atoms with van der Waals surface area (Å²) in [6, 6.07) is 23.3. The molecule has 0 unspecified atom stereocenters. The summed E-state index contributed by atoms with van der Waals surface area (Å²) >= 11 is 0. The molecule has 0 spiro atoms. The van der Waals surface area contributed by atoms with Crippen molar-refractivity contribution in [3.8, 4) is 22.4 Å². The first-order valence-electron chi connectivity index (χ1n) is 7.97. The van der Waals surface area contributed by atoms with Gasteiger partial charge < -0.3 is 4.40 Å². The number of rotatable bonds is 3. The van der Waals surface area contributed by atoms with Crippen LogP contribution in [-0.2, 0) is 6.42 Å². The van der Waals surface area contributed by atoms with Crippen molar-refractivity contribution < 1.29 is 0 Å². The van der Waals surface area contributed by atoms with E-state index in [1.165, 1.54) is 16.7 Å². The quantitative estimate of drug-likeness (QED) is 0.506. The maximum Gasteiger partial charge on any atom is 0.137 e. The minimum atomic E-state index is 1.01. The van der Waals surface area contributed by atoms with Crippen molar-refractivity contribution in [2.45, 2.75) is 13.3 Å². The Bertz CT molecular complexity index is 935. The number of aryl methyl sites for hydroxylation is 1. The summed E-state index contributed by atoms with van der Waals surface area (Å²) in [5.74, 6) is 0. The monoisotopic (exact) mass is 298 g/mol. The maximum atomic E-state index is 4.76. The predicted octanol–water partition coefficient (Wildman–Crippen LogP) is 5.23. The molecule has 0 fully saturated rings. The van der Waals surface area contributed by atoms with Crippen LogP contribution in [0.4, 0.5) is 0 Å². The van der Waals surface area contributed by atoms with Crippen LogP contribution in [0.3, 0.4) is 0 Å². The molecule has 0 aliphatic heterocycles. The molecular formula is C21H18N2. The zero-order valence-corrected chi connectivity index (χ0v) is 13.1. The SMILES string of the molecule is CCc1ccn2cc(-c3ccc(-c4ccccc4)cc3)nc2c1. The minimum absolute atomic E-state index is 1.01. The Hall–Kier alpha value is -2.87. The van der Waals surface area contributed by atoms with E-state index < -0.39 is 0 Å². The molecule has 4 rings (SSSR count). The van der Waals surface area contributed by atoms with Crippen molar-refractivity contribution in [3.63, 3.8) is 0 Å². The highest BCUT2D eigenvalue weighted by Crippen LogP contribution is 2.24. The molecule has 0 radical (unpaired) electrons. The number of benzene rings is 2. The Kier molecular flexibility index (Phi) is 3.43. The smallest absolute Gasteiger partial charge is 0.137 e. The van der Waals surface area contributed by atoms with Crippen molar-refractivity contribution in [1.29, 1.82) is 0 Å². The van der Waals surface area contributed by atoms with Gasteiger partial charge in [0, 0.05) is 18.0 Å². The molecule has 0 aliphatic carbocycles. The summed E-state index contributed by atoms with van der Waals surface area (Å²) < 4.78 is 2.08. The Labute approximate surface area is 136 Å². The second-order valence-electron chi connectivity index (χ2n) is 5.72. The Balaban J connectivity index is 1.70. The molecule has 2 heterocycles. The minimum Gasteiger partial charge on any atom is -0.306 e. The number of fused-ring (bicyclic) bond motifs is 1. The topological polar surface area (TPSA) is 17.3 Å². The van der Waals surface area contributed by atoms with Crippen LogP contribution in [0.15, 0.2) is 79.1 Å². The number of pyridine rings is 1. The molecule has 112 valence electrons. The second kappa shape index (κ2) is 5.73.